The second-order valence-corrected chi connectivity index (χ2v) is 6.34. The number of amidine groups is 1. The first kappa shape index (κ1) is 16.2. The van der Waals surface area contributed by atoms with Gasteiger partial charge in [-0.3, -0.25) is 10.1 Å². The highest BCUT2D eigenvalue weighted by atomic mass is 35.5. The van der Waals surface area contributed by atoms with Crippen LogP contribution in [0.3, 0.4) is 0 Å². The highest BCUT2D eigenvalue weighted by Crippen LogP contribution is 2.37. The lowest BCUT2D eigenvalue weighted by atomic mass is 10.1. The topological polar surface area (TPSA) is 117 Å². The maximum atomic E-state index is 10.7. The number of rotatable bonds is 3. The number of benzene rings is 2. The average molecular weight is 367 g/mol. The summed E-state index contributed by atoms with van der Waals surface area (Å²) in [5.74, 6) is 0.485. The van der Waals surface area contributed by atoms with Gasteiger partial charge in [0, 0.05) is 23.2 Å². The van der Waals surface area contributed by atoms with E-state index in [0.29, 0.717) is 33.3 Å². The number of nitrogens with two attached hydrogens (primary N) is 1. The molecule has 0 fully saturated rings. The van der Waals surface area contributed by atoms with Gasteiger partial charge >= 0.3 is 0 Å². The molecule has 26 heavy (non-hydrogen) atoms. The van der Waals surface area contributed by atoms with Crippen LogP contribution in [-0.4, -0.2) is 30.7 Å². The summed E-state index contributed by atoms with van der Waals surface area (Å²) in [6.07, 6.45) is 0. The largest absolute Gasteiger partial charge is 0.504 e. The number of nitrogen functional groups attached to an aromatic ring is 1. The van der Waals surface area contributed by atoms with Gasteiger partial charge in [-0.15, -0.1) is 0 Å². The number of hydrogen-bond acceptors (Lipinski definition) is 4. The quantitative estimate of drug-likeness (QED) is 0.329. The molecule has 0 radical (unpaired) electrons. The predicted octanol–water partition coefficient (Wildman–Crippen LogP) is 3.27. The number of aromatic hydroxyl groups is 1. The Morgan fingerprint density at radius 3 is 2.65 bits per heavy atom. The molecule has 5 N–H and O–H groups in total. The summed E-state index contributed by atoms with van der Waals surface area (Å²) in [7, 11) is 1.74. The number of aromatic amines is 1. The van der Waals surface area contributed by atoms with E-state index in [1.54, 1.807) is 54.2 Å². The maximum absolute atomic E-state index is 10.7. The Labute approximate surface area is 153 Å². The van der Waals surface area contributed by atoms with Crippen molar-refractivity contribution in [2.24, 2.45) is 12.8 Å². The normalized spacial score (nSPS) is 11.2. The van der Waals surface area contributed by atoms with Gasteiger partial charge in [-0.25, -0.2) is 4.98 Å². The molecule has 130 valence electrons. The van der Waals surface area contributed by atoms with E-state index < -0.39 is 0 Å². The van der Waals surface area contributed by atoms with E-state index >= 15 is 0 Å². The van der Waals surface area contributed by atoms with E-state index in [1.807, 2.05) is 0 Å². The molecular weight excluding hydrogens is 352 g/mol. The van der Waals surface area contributed by atoms with Crippen molar-refractivity contribution < 1.29 is 5.11 Å². The molecule has 0 amide bonds. The summed E-state index contributed by atoms with van der Waals surface area (Å²) in [4.78, 5) is 7.69. The van der Waals surface area contributed by atoms with Crippen molar-refractivity contribution in [3.05, 3.63) is 53.1 Å². The molecule has 7 nitrogen and oxygen atoms in total. The first-order chi connectivity index (χ1) is 12.4. The van der Waals surface area contributed by atoms with E-state index in [4.69, 9.17) is 22.7 Å². The summed E-state index contributed by atoms with van der Waals surface area (Å²) in [5, 5.41) is 23.3. The van der Waals surface area contributed by atoms with Crippen molar-refractivity contribution in [2.45, 2.75) is 0 Å². The zero-order valence-corrected chi connectivity index (χ0v) is 14.5. The van der Waals surface area contributed by atoms with Gasteiger partial charge in [0.2, 0.25) is 0 Å². The minimum absolute atomic E-state index is 0.0233. The fraction of sp³-hybridized carbons (Fsp3) is 0.0556. The van der Waals surface area contributed by atoms with Crippen LogP contribution in [0.15, 0.2) is 42.5 Å². The van der Waals surface area contributed by atoms with Gasteiger partial charge in [0.25, 0.3) is 0 Å². The van der Waals surface area contributed by atoms with Gasteiger partial charge in [0.15, 0.2) is 11.6 Å². The molecule has 0 bridgehead atoms. The average Bonchev–Trinajstić information content (AvgIpc) is 3.15. The fourth-order valence-electron chi connectivity index (χ4n) is 2.87. The van der Waals surface area contributed by atoms with Gasteiger partial charge in [-0.05, 0) is 30.3 Å². The van der Waals surface area contributed by atoms with Crippen molar-refractivity contribution in [3.63, 3.8) is 0 Å². The number of nitrogens with one attached hydrogen (secondary N) is 2. The third kappa shape index (κ3) is 2.58. The first-order valence-corrected chi connectivity index (χ1v) is 8.18. The van der Waals surface area contributed by atoms with E-state index in [-0.39, 0.29) is 11.6 Å². The van der Waals surface area contributed by atoms with Crippen LogP contribution < -0.4 is 5.73 Å². The summed E-state index contributed by atoms with van der Waals surface area (Å²) >= 11 is 5.92. The number of aromatic nitrogens is 4. The lowest BCUT2D eigenvalue weighted by molar-refractivity contribution is 0.478. The highest BCUT2D eigenvalue weighted by Gasteiger charge is 2.21. The highest BCUT2D eigenvalue weighted by molar-refractivity contribution is 6.30. The third-order valence-corrected chi connectivity index (χ3v) is 4.41. The van der Waals surface area contributed by atoms with Crippen LogP contribution in [0, 0.1) is 5.41 Å². The van der Waals surface area contributed by atoms with Crippen LogP contribution in [0.2, 0.25) is 5.02 Å². The smallest absolute Gasteiger partial charge is 0.173 e. The van der Waals surface area contributed by atoms with E-state index in [2.05, 4.69) is 15.1 Å². The molecule has 2 aromatic heterocycles. The number of fused-ring (bicyclic) bond motifs is 1. The number of hydrogen-bond donors (Lipinski definition) is 4. The SMILES string of the molecule is Cn1nc(-c2ccc(Cl)cc2)c(O)c1-c1nc2cc(C(=N)N)ccc2[nH]1. The first-order valence-electron chi connectivity index (χ1n) is 7.80. The third-order valence-electron chi connectivity index (χ3n) is 4.16. The van der Waals surface area contributed by atoms with Gasteiger partial charge < -0.3 is 15.8 Å². The lowest BCUT2D eigenvalue weighted by Crippen LogP contribution is -2.10. The Hall–Kier alpha value is -3.32. The Bertz CT molecular complexity index is 1140. The van der Waals surface area contributed by atoms with Crippen LogP contribution in [0.1, 0.15) is 5.56 Å². The molecule has 4 aromatic rings. The Morgan fingerprint density at radius 2 is 1.96 bits per heavy atom. The van der Waals surface area contributed by atoms with E-state index in [0.717, 1.165) is 11.1 Å². The van der Waals surface area contributed by atoms with Crippen molar-refractivity contribution in [3.8, 4) is 28.5 Å². The lowest BCUT2D eigenvalue weighted by Gasteiger charge is -1.99. The summed E-state index contributed by atoms with van der Waals surface area (Å²) in [6, 6.07) is 12.4. The van der Waals surface area contributed by atoms with Gasteiger partial charge in [-0.1, -0.05) is 23.7 Å². The zero-order chi connectivity index (χ0) is 18.4. The maximum Gasteiger partial charge on any atom is 0.173 e. The minimum Gasteiger partial charge on any atom is -0.504 e. The monoisotopic (exact) mass is 366 g/mol. The molecule has 2 heterocycles. The second kappa shape index (κ2) is 5.89. The van der Waals surface area contributed by atoms with Crippen molar-refractivity contribution in [2.75, 3.05) is 0 Å². The number of aryl methyl sites for hydroxylation is 1. The standard InChI is InChI=1S/C18H15ClN6O/c1-25-15(16(26)14(24-25)9-2-5-11(19)6-3-9)18-22-12-7-4-10(17(20)21)8-13(12)23-18/h2-8,26H,1H3,(H3,20,21)(H,22,23). The molecule has 0 aliphatic rings. The van der Waals surface area contributed by atoms with Crippen molar-refractivity contribution in [1.29, 1.82) is 5.41 Å². The number of H-pyrrole nitrogens is 1. The van der Waals surface area contributed by atoms with Gasteiger partial charge in [0.1, 0.15) is 17.2 Å². The zero-order valence-electron chi connectivity index (χ0n) is 13.8. The van der Waals surface area contributed by atoms with Crippen LogP contribution in [0.25, 0.3) is 33.8 Å². The Kier molecular flexibility index (Phi) is 3.66. The fourth-order valence-corrected chi connectivity index (χ4v) is 2.99. The molecule has 4 rings (SSSR count). The number of imidazole rings is 1. The minimum atomic E-state index is -0.0233. The van der Waals surface area contributed by atoms with Gasteiger partial charge in [0.05, 0.1) is 11.0 Å². The molecule has 8 heteroatoms. The summed E-state index contributed by atoms with van der Waals surface area (Å²) in [5.41, 5.74) is 9.22. The van der Waals surface area contributed by atoms with E-state index in [9.17, 15) is 5.11 Å². The molecule has 2 aromatic carbocycles. The molecular formula is C18H15ClN6O. The molecule has 0 spiro atoms. The summed E-state index contributed by atoms with van der Waals surface area (Å²) < 4.78 is 1.57. The number of nitrogens with zero attached hydrogens (tertiary/aromatic N) is 3. The summed E-state index contributed by atoms with van der Waals surface area (Å²) in [6.45, 7) is 0. The molecule has 0 saturated carbocycles. The Morgan fingerprint density at radius 1 is 1.23 bits per heavy atom. The molecule has 0 saturated heterocycles. The van der Waals surface area contributed by atoms with Crippen LogP contribution >= 0.6 is 11.6 Å². The van der Waals surface area contributed by atoms with Crippen LogP contribution in [-0.2, 0) is 7.05 Å². The van der Waals surface area contributed by atoms with E-state index in [1.165, 1.54) is 0 Å². The van der Waals surface area contributed by atoms with Crippen LogP contribution in [0.5, 0.6) is 5.75 Å². The molecule has 0 atom stereocenters. The number of halogens is 1. The predicted molar refractivity (Wildman–Crippen MR) is 101 cm³/mol. The van der Waals surface area contributed by atoms with Gasteiger partial charge in [-0.2, -0.15) is 5.10 Å². The van der Waals surface area contributed by atoms with Crippen molar-refractivity contribution in [1.82, 2.24) is 19.7 Å². The Balaban J connectivity index is 1.84. The molecule has 0 unspecified atom stereocenters. The second-order valence-electron chi connectivity index (χ2n) is 5.91. The molecule has 0 aliphatic carbocycles. The molecule has 0 aliphatic heterocycles. The van der Waals surface area contributed by atoms with Crippen LogP contribution in [0.4, 0.5) is 0 Å². The van der Waals surface area contributed by atoms with Crippen molar-refractivity contribution >= 4 is 28.5 Å².